The third-order valence-corrected chi connectivity index (χ3v) is 4.43. The second kappa shape index (κ2) is 6.94. The Morgan fingerprint density at radius 3 is 2.33 bits per heavy atom. The van der Waals surface area contributed by atoms with Gasteiger partial charge in [0.2, 0.25) is 0 Å². The van der Waals surface area contributed by atoms with E-state index in [2.05, 4.69) is 43.4 Å². The van der Waals surface area contributed by atoms with Gasteiger partial charge in [-0.1, -0.05) is 57.4 Å². The van der Waals surface area contributed by atoms with Crippen LogP contribution in [0.2, 0.25) is 0 Å². The van der Waals surface area contributed by atoms with E-state index in [0.29, 0.717) is 0 Å². The Labute approximate surface area is 112 Å². The van der Waals surface area contributed by atoms with Gasteiger partial charge in [0.25, 0.3) is 0 Å². The summed E-state index contributed by atoms with van der Waals surface area (Å²) in [6, 6.07) is 9.81. The smallest absolute Gasteiger partial charge is 0.0208 e. The van der Waals surface area contributed by atoms with Gasteiger partial charge in [-0.25, -0.2) is 0 Å². The first kappa shape index (κ1) is 13.6. The standard InChI is InChI=1S/C17H27N/c1-3-14-9-11-15(12-10-14)13-18-17-8-6-5-7-16(17)4-2/h9-12,16-18H,3-8,13H2,1-2H3. The van der Waals surface area contributed by atoms with Crippen LogP contribution < -0.4 is 5.32 Å². The second-order valence-electron chi connectivity index (χ2n) is 5.61. The first-order chi connectivity index (χ1) is 8.83. The van der Waals surface area contributed by atoms with Crippen LogP contribution in [0.15, 0.2) is 24.3 Å². The summed E-state index contributed by atoms with van der Waals surface area (Å²) in [5.74, 6) is 0.897. The van der Waals surface area contributed by atoms with Crippen molar-refractivity contribution in [2.24, 2.45) is 5.92 Å². The Kier molecular flexibility index (Phi) is 5.25. The molecule has 1 saturated carbocycles. The van der Waals surface area contributed by atoms with Crippen molar-refractivity contribution in [2.75, 3.05) is 0 Å². The third kappa shape index (κ3) is 3.58. The highest BCUT2D eigenvalue weighted by Gasteiger charge is 2.22. The van der Waals surface area contributed by atoms with Gasteiger partial charge in [0.15, 0.2) is 0 Å². The van der Waals surface area contributed by atoms with Gasteiger partial charge in [-0.05, 0) is 36.3 Å². The molecule has 1 aliphatic rings. The van der Waals surface area contributed by atoms with Crippen molar-refractivity contribution in [1.29, 1.82) is 0 Å². The molecule has 1 heteroatoms. The molecule has 2 atom stereocenters. The first-order valence-corrected chi connectivity index (χ1v) is 7.64. The van der Waals surface area contributed by atoms with Gasteiger partial charge in [-0.2, -0.15) is 0 Å². The predicted octanol–water partition coefficient (Wildman–Crippen LogP) is 4.31. The maximum atomic E-state index is 3.78. The van der Waals surface area contributed by atoms with Crippen molar-refractivity contribution in [1.82, 2.24) is 5.32 Å². The Morgan fingerprint density at radius 2 is 1.67 bits per heavy atom. The molecule has 0 aliphatic heterocycles. The minimum atomic E-state index is 0.745. The lowest BCUT2D eigenvalue weighted by molar-refractivity contribution is 0.254. The van der Waals surface area contributed by atoms with Gasteiger partial charge in [0, 0.05) is 12.6 Å². The SMILES string of the molecule is CCc1ccc(CNC2CCCCC2CC)cc1. The fraction of sp³-hybridized carbons (Fsp3) is 0.647. The largest absolute Gasteiger partial charge is 0.310 e. The molecule has 0 radical (unpaired) electrons. The minimum absolute atomic E-state index is 0.745. The summed E-state index contributed by atoms with van der Waals surface area (Å²) >= 11 is 0. The van der Waals surface area contributed by atoms with Crippen LogP contribution >= 0.6 is 0 Å². The second-order valence-corrected chi connectivity index (χ2v) is 5.61. The monoisotopic (exact) mass is 245 g/mol. The Balaban J connectivity index is 1.85. The van der Waals surface area contributed by atoms with E-state index >= 15 is 0 Å². The average molecular weight is 245 g/mol. The lowest BCUT2D eigenvalue weighted by Crippen LogP contribution is -2.37. The summed E-state index contributed by atoms with van der Waals surface area (Å²) in [5, 5.41) is 3.78. The van der Waals surface area contributed by atoms with Gasteiger partial charge in [0.05, 0.1) is 0 Å². The molecule has 1 N–H and O–H groups in total. The Bertz CT molecular complexity index is 341. The zero-order valence-electron chi connectivity index (χ0n) is 11.9. The molecular formula is C17H27N. The first-order valence-electron chi connectivity index (χ1n) is 7.64. The van der Waals surface area contributed by atoms with Crippen LogP contribution in [0.1, 0.15) is 57.1 Å². The predicted molar refractivity (Wildman–Crippen MR) is 78.7 cm³/mol. The molecule has 0 bridgehead atoms. The molecule has 2 rings (SSSR count). The van der Waals surface area contributed by atoms with E-state index in [0.717, 1.165) is 24.9 Å². The lowest BCUT2D eigenvalue weighted by Gasteiger charge is -2.31. The van der Waals surface area contributed by atoms with Crippen LogP contribution in [0.25, 0.3) is 0 Å². The van der Waals surface area contributed by atoms with Crippen LogP contribution in [0.4, 0.5) is 0 Å². The number of hydrogen-bond donors (Lipinski definition) is 1. The molecule has 1 fully saturated rings. The number of hydrogen-bond acceptors (Lipinski definition) is 1. The van der Waals surface area contributed by atoms with E-state index in [4.69, 9.17) is 0 Å². The highest BCUT2D eigenvalue weighted by atomic mass is 14.9. The molecule has 100 valence electrons. The van der Waals surface area contributed by atoms with E-state index in [1.807, 2.05) is 0 Å². The molecule has 18 heavy (non-hydrogen) atoms. The van der Waals surface area contributed by atoms with Gasteiger partial charge in [-0.15, -0.1) is 0 Å². The van der Waals surface area contributed by atoms with Crippen LogP contribution in [-0.2, 0) is 13.0 Å². The maximum absolute atomic E-state index is 3.78. The highest BCUT2D eigenvalue weighted by Crippen LogP contribution is 2.27. The summed E-state index contributed by atoms with van der Waals surface area (Å²) in [4.78, 5) is 0. The van der Waals surface area contributed by atoms with Crippen molar-refractivity contribution < 1.29 is 0 Å². The van der Waals surface area contributed by atoms with E-state index < -0.39 is 0 Å². The molecule has 0 heterocycles. The summed E-state index contributed by atoms with van der Waals surface area (Å²) in [6.45, 7) is 5.58. The molecule has 1 nitrogen and oxygen atoms in total. The summed E-state index contributed by atoms with van der Waals surface area (Å²) in [6.07, 6.45) is 8.08. The minimum Gasteiger partial charge on any atom is -0.310 e. The van der Waals surface area contributed by atoms with Crippen molar-refractivity contribution in [3.8, 4) is 0 Å². The fourth-order valence-electron chi connectivity index (χ4n) is 3.11. The van der Waals surface area contributed by atoms with Gasteiger partial charge in [0.1, 0.15) is 0 Å². The molecule has 1 aliphatic carbocycles. The molecule has 0 amide bonds. The van der Waals surface area contributed by atoms with Gasteiger partial charge in [-0.3, -0.25) is 0 Å². The van der Waals surface area contributed by atoms with E-state index in [1.165, 1.54) is 43.2 Å². The van der Waals surface area contributed by atoms with Crippen LogP contribution in [0, 0.1) is 5.92 Å². The fourth-order valence-corrected chi connectivity index (χ4v) is 3.11. The maximum Gasteiger partial charge on any atom is 0.0208 e. The van der Waals surface area contributed by atoms with Crippen molar-refractivity contribution in [3.63, 3.8) is 0 Å². The van der Waals surface area contributed by atoms with E-state index in [1.54, 1.807) is 0 Å². The zero-order chi connectivity index (χ0) is 12.8. The topological polar surface area (TPSA) is 12.0 Å². The quantitative estimate of drug-likeness (QED) is 0.815. The Morgan fingerprint density at radius 1 is 1.00 bits per heavy atom. The number of aryl methyl sites for hydroxylation is 1. The normalized spacial score (nSPS) is 24.1. The van der Waals surface area contributed by atoms with E-state index in [-0.39, 0.29) is 0 Å². The van der Waals surface area contributed by atoms with E-state index in [9.17, 15) is 0 Å². The molecular weight excluding hydrogens is 218 g/mol. The Hall–Kier alpha value is -0.820. The number of benzene rings is 1. The molecule has 2 unspecified atom stereocenters. The third-order valence-electron chi connectivity index (χ3n) is 4.43. The molecule has 1 aromatic carbocycles. The zero-order valence-corrected chi connectivity index (χ0v) is 11.9. The van der Waals surface area contributed by atoms with Crippen molar-refractivity contribution in [2.45, 2.75) is 65.0 Å². The van der Waals surface area contributed by atoms with Gasteiger partial charge < -0.3 is 5.32 Å². The van der Waals surface area contributed by atoms with Crippen LogP contribution in [0.5, 0.6) is 0 Å². The lowest BCUT2D eigenvalue weighted by atomic mass is 9.83. The summed E-state index contributed by atoms with van der Waals surface area (Å²) < 4.78 is 0. The summed E-state index contributed by atoms with van der Waals surface area (Å²) in [5.41, 5.74) is 2.86. The van der Waals surface area contributed by atoms with Gasteiger partial charge >= 0.3 is 0 Å². The molecule has 1 aromatic rings. The number of rotatable bonds is 5. The van der Waals surface area contributed by atoms with Crippen LogP contribution in [-0.4, -0.2) is 6.04 Å². The van der Waals surface area contributed by atoms with Crippen molar-refractivity contribution in [3.05, 3.63) is 35.4 Å². The molecule has 0 aromatic heterocycles. The van der Waals surface area contributed by atoms with Crippen molar-refractivity contribution >= 4 is 0 Å². The summed E-state index contributed by atoms with van der Waals surface area (Å²) in [7, 11) is 0. The number of nitrogens with one attached hydrogen (secondary N) is 1. The average Bonchev–Trinajstić information content (AvgIpc) is 2.46. The molecule has 0 spiro atoms. The van der Waals surface area contributed by atoms with Crippen LogP contribution in [0.3, 0.4) is 0 Å². The molecule has 0 saturated heterocycles. The highest BCUT2D eigenvalue weighted by molar-refractivity contribution is 5.22.